The Bertz CT molecular complexity index is 1110. The number of amides is 1. The van der Waals surface area contributed by atoms with E-state index in [2.05, 4.69) is 15.6 Å². The number of anilines is 1. The number of carbonyl (C=O) groups is 1. The lowest BCUT2D eigenvalue weighted by atomic mass is 9.85. The van der Waals surface area contributed by atoms with E-state index in [1.165, 1.54) is 4.57 Å². The highest BCUT2D eigenvalue weighted by Gasteiger charge is 2.46. The molecule has 6 N–H and O–H groups in total. The van der Waals surface area contributed by atoms with Crippen molar-refractivity contribution in [2.24, 2.45) is 5.73 Å². The summed E-state index contributed by atoms with van der Waals surface area (Å²) in [6.07, 6.45) is 3.25. The Morgan fingerprint density at radius 3 is 2.62 bits per heavy atom. The van der Waals surface area contributed by atoms with Gasteiger partial charge in [-0.2, -0.15) is 0 Å². The van der Waals surface area contributed by atoms with Gasteiger partial charge in [0.2, 0.25) is 5.91 Å². The lowest BCUT2D eigenvalue weighted by Crippen LogP contribution is -2.38. The average Bonchev–Trinajstić information content (AvgIpc) is 3.07. The molecular formula is C22H27ClN6O3. The molecule has 0 radical (unpaired) electrons. The van der Waals surface area contributed by atoms with Crippen LogP contribution < -0.4 is 21.9 Å². The molecular weight excluding hydrogens is 432 g/mol. The van der Waals surface area contributed by atoms with Crippen LogP contribution in [0.5, 0.6) is 0 Å². The summed E-state index contributed by atoms with van der Waals surface area (Å²) in [5.41, 5.74) is 6.03. The van der Waals surface area contributed by atoms with E-state index < -0.39 is 17.0 Å². The Kier molecular flexibility index (Phi) is 5.96. The molecule has 1 aliphatic heterocycles. The first kappa shape index (κ1) is 22.3. The number of aliphatic hydroxyl groups excluding tert-OH is 1. The molecule has 2 aromatic rings. The minimum atomic E-state index is -0.858. The number of aromatic nitrogens is 2. The van der Waals surface area contributed by atoms with Gasteiger partial charge in [0.25, 0.3) is 5.56 Å². The third kappa shape index (κ3) is 3.98. The maximum Gasteiger partial charge on any atom is 0.294 e. The van der Waals surface area contributed by atoms with Crippen molar-refractivity contribution in [1.82, 2.24) is 14.9 Å². The van der Waals surface area contributed by atoms with Crippen LogP contribution in [0.1, 0.15) is 55.5 Å². The van der Waals surface area contributed by atoms with Crippen LogP contribution in [0.15, 0.2) is 29.1 Å². The number of nitrogens with one attached hydrogen (secondary N) is 3. The van der Waals surface area contributed by atoms with E-state index in [0.29, 0.717) is 11.3 Å². The molecule has 1 aromatic heterocycles. The van der Waals surface area contributed by atoms with Crippen LogP contribution in [0.3, 0.4) is 0 Å². The van der Waals surface area contributed by atoms with Gasteiger partial charge in [-0.15, -0.1) is 0 Å². The minimum absolute atomic E-state index is 0.0254. The number of amidine groups is 1. The van der Waals surface area contributed by atoms with Crippen molar-refractivity contribution in [2.75, 3.05) is 11.9 Å². The predicted molar refractivity (Wildman–Crippen MR) is 122 cm³/mol. The first-order valence-corrected chi connectivity index (χ1v) is 11.0. The molecule has 10 heteroatoms. The minimum Gasteiger partial charge on any atom is -0.395 e. The Hall–Kier alpha value is -2.91. The smallest absolute Gasteiger partial charge is 0.294 e. The van der Waals surface area contributed by atoms with E-state index in [9.17, 15) is 14.7 Å². The number of carbonyl (C=O) groups excluding carboxylic acids is 1. The second kappa shape index (κ2) is 8.55. The van der Waals surface area contributed by atoms with E-state index in [-0.39, 0.29) is 48.3 Å². The molecule has 1 aromatic carbocycles. The Labute approximate surface area is 190 Å². The highest BCUT2D eigenvalue weighted by molar-refractivity contribution is 6.30. The average molecular weight is 459 g/mol. The van der Waals surface area contributed by atoms with Gasteiger partial charge in [0, 0.05) is 23.6 Å². The molecule has 0 unspecified atom stereocenters. The van der Waals surface area contributed by atoms with Crippen LogP contribution in [0.4, 0.5) is 5.82 Å². The van der Waals surface area contributed by atoms with Crippen molar-refractivity contribution < 1.29 is 9.90 Å². The number of hydrogen-bond acceptors (Lipinski definition) is 6. The number of nitrogens with two attached hydrogens (primary N) is 1. The maximum absolute atomic E-state index is 13.3. The first-order chi connectivity index (χ1) is 15.2. The lowest BCUT2D eigenvalue weighted by Gasteiger charge is -2.27. The van der Waals surface area contributed by atoms with Gasteiger partial charge >= 0.3 is 0 Å². The molecule has 4 rings (SSSR count). The summed E-state index contributed by atoms with van der Waals surface area (Å²) in [7, 11) is 0. The molecule has 0 spiro atoms. The van der Waals surface area contributed by atoms with Crippen LogP contribution in [0.25, 0.3) is 0 Å². The van der Waals surface area contributed by atoms with Crippen LogP contribution >= 0.6 is 11.6 Å². The van der Waals surface area contributed by atoms with Crippen LogP contribution in [-0.2, 0) is 16.8 Å². The number of halogens is 1. The topological polar surface area (TPSA) is 146 Å². The van der Waals surface area contributed by atoms with E-state index in [1.54, 1.807) is 31.2 Å². The summed E-state index contributed by atoms with van der Waals surface area (Å²) >= 11 is 6.46. The normalized spacial score (nSPS) is 22.2. The quantitative estimate of drug-likeness (QED) is 0.315. The fraction of sp³-hybridized carbons (Fsp3) is 0.455. The van der Waals surface area contributed by atoms with Crippen molar-refractivity contribution in [3.05, 3.63) is 56.6 Å². The number of rotatable bonds is 7. The number of fused-ring (bicyclic) bond motifs is 1. The predicted octanol–water partition coefficient (Wildman–Crippen LogP) is 1.66. The van der Waals surface area contributed by atoms with Gasteiger partial charge in [0.1, 0.15) is 11.9 Å². The van der Waals surface area contributed by atoms with Crippen molar-refractivity contribution in [2.45, 2.75) is 56.7 Å². The van der Waals surface area contributed by atoms with Crippen LogP contribution in [0, 0.1) is 5.41 Å². The summed E-state index contributed by atoms with van der Waals surface area (Å²) in [4.78, 5) is 30.7. The van der Waals surface area contributed by atoms with E-state index >= 15 is 0 Å². The maximum atomic E-state index is 13.3. The zero-order valence-corrected chi connectivity index (χ0v) is 18.6. The van der Waals surface area contributed by atoms with Crippen molar-refractivity contribution >= 4 is 29.2 Å². The Morgan fingerprint density at radius 2 is 2.06 bits per heavy atom. The molecule has 2 atom stereocenters. The summed E-state index contributed by atoms with van der Waals surface area (Å²) < 4.78 is 1.39. The zero-order chi connectivity index (χ0) is 23.0. The SMILES string of the molecule is C[C@@]1(CO)C[C@@H](C(=O)NCc2ccc(C(=N)N)cc2)n2c1c(Cl)nc(NC1CCC1)c2=O. The van der Waals surface area contributed by atoms with Gasteiger partial charge in [-0.1, -0.05) is 42.8 Å². The van der Waals surface area contributed by atoms with Crippen molar-refractivity contribution in [1.29, 1.82) is 5.41 Å². The number of nitrogen functional groups attached to an aromatic ring is 1. The van der Waals surface area contributed by atoms with Crippen molar-refractivity contribution in [3.63, 3.8) is 0 Å². The summed E-state index contributed by atoms with van der Waals surface area (Å²) in [6.45, 7) is 1.76. The first-order valence-electron chi connectivity index (χ1n) is 10.6. The number of benzene rings is 1. The number of aliphatic hydroxyl groups is 1. The van der Waals surface area contributed by atoms with Gasteiger partial charge in [0.15, 0.2) is 11.0 Å². The summed E-state index contributed by atoms with van der Waals surface area (Å²) in [5, 5.41) is 23.7. The fourth-order valence-corrected chi connectivity index (χ4v) is 4.67. The fourth-order valence-electron chi connectivity index (χ4n) is 4.26. The number of hydrogen-bond donors (Lipinski definition) is 5. The molecule has 0 saturated heterocycles. The molecule has 1 amide bonds. The second-order valence-electron chi connectivity index (χ2n) is 8.81. The molecule has 1 fully saturated rings. The highest BCUT2D eigenvalue weighted by atomic mass is 35.5. The molecule has 1 aliphatic carbocycles. The summed E-state index contributed by atoms with van der Waals surface area (Å²) in [6, 6.07) is 6.36. The largest absolute Gasteiger partial charge is 0.395 e. The molecule has 2 aliphatic rings. The van der Waals surface area contributed by atoms with Gasteiger partial charge in [0.05, 0.1) is 12.3 Å². The molecule has 9 nitrogen and oxygen atoms in total. The molecule has 1 saturated carbocycles. The van der Waals surface area contributed by atoms with Crippen LogP contribution in [0.2, 0.25) is 5.15 Å². The van der Waals surface area contributed by atoms with E-state index in [1.807, 2.05) is 0 Å². The van der Waals surface area contributed by atoms with Gasteiger partial charge in [-0.25, -0.2) is 4.98 Å². The van der Waals surface area contributed by atoms with Gasteiger partial charge < -0.3 is 21.5 Å². The third-order valence-corrected chi connectivity index (χ3v) is 6.69. The molecule has 0 bridgehead atoms. The number of nitrogens with zero attached hydrogens (tertiary/aromatic N) is 2. The molecule has 32 heavy (non-hydrogen) atoms. The Balaban J connectivity index is 1.60. The lowest BCUT2D eigenvalue weighted by molar-refractivity contribution is -0.124. The third-order valence-electron chi connectivity index (χ3n) is 6.42. The van der Waals surface area contributed by atoms with E-state index in [4.69, 9.17) is 22.7 Å². The second-order valence-corrected chi connectivity index (χ2v) is 9.17. The van der Waals surface area contributed by atoms with Gasteiger partial charge in [-0.3, -0.25) is 19.6 Å². The van der Waals surface area contributed by atoms with Crippen LogP contribution in [-0.4, -0.2) is 39.0 Å². The van der Waals surface area contributed by atoms with E-state index in [0.717, 1.165) is 24.8 Å². The standard InChI is InChI=1S/C22H27ClN6O3/c1-22(11-30)9-15(20(31)26-10-12-5-7-13(8-6-12)18(24)25)29-16(22)17(23)28-19(21(29)32)27-14-3-2-4-14/h5-8,14-15,30H,2-4,9-11H2,1H3,(H3,24,25)(H,26,31)(H,27,28)/t15-,22-/m0/s1. The monoisotopic (exact) mass is 458 g/mol. The van der Waals surface area contributed by atoms with Gasteiger partial charge in [-0.05, 0) is 31.2 Å². The molecule has 2 heterocycles. The highest BCUT2D eigenvalue weighted by Crippen LogP contribution is 2.43. The van der Waals surface area contributed by atoms with Crippen molar-refractivity contribution in [3.8, 4) is 0 Å². The Morgan fingerprint density at radius 1 is 1.38 bits per heavy atom. The summed E-state index contributed by atoms with van der Waals surface area (Å²) in [5.74, 6) is -0.219. The zero-order valence-electron chi connectivity index (χ0n) is 17.8. The molecule has 170 valence electrons.